The second kappa shape index (κ2) is 8.89. The van der Waals surface area contributed by atoms with Crippen LogP contribution >= 0.6 is 0 Å². The molecule has 1 aromatic heterocycles. The largest absolute Gasteiger partial charge is 0.493 e. The zero-order valence-electron chi connectivity index (χ0n) is 15.8. The molecule has 0 amide bonds. The molecule has 0 saturated heterocycles. The molecule has 2 aromatic carbocycles. The number of nitrogens with zero attached hydrogens (tertiary/aromatic N) is 3. The molecule has 0 radical (unpaired) electrons. The molecular formula is C21H24N4O2. The van der Waals surface area contributed by atoms with Gasteiger partial charge in [0.25, 0.3) is 0 Å². The molecule has 6 heteroatoms. The van der Waals surface area contributed by atoms with Crippen LogP contribution in [0.2, 0.25) is 0 Å². The Morgan fingerprint density at radius 1 is 0.926 bits per heavy atom. The summed E-state index contributed by atoms with van der Waals surface area (Å²) in [5.41, 5.74) is 2.17. The Labute approximate surface area is 159 Å². The van der Waals surface area contributed by atoms with Crippen molar-refractivity contribution in [3.63, 3.8) is 0 Å². The Balaban J connectivity index is 1.74. The Bertz CT molecular complexity index is 871. The predicted octanol–water partition coefficient (Wildman–Crippen LogP) is 4.26. The lowest BCUT2D eigenvalue weighted by atomic mass is 10.2. The molecule has 27 heavy (non-hydrogen) atoms. The molecule has 0 bridgehead atoms. The fraction of sp³-hybridized carbons (Fsp3) is 0.238. The fourth-order valence-corrected chi connectivity index (χ4v) is 2.86. The average Bonchev–Trinajstić information content (AvgIpc) is 2.73. The van der Waals surface area contributed by atoms with E-state index in [2.05, 4.69) is 39.2 Å². The molecule has 0 aliphatic heterocycles. The first-order chi connectivity index (χ1) is 13.2. The van der Waals surface area contributed by atoms with Crippen molar-refractivity contribution in [2.45, 2.75) is 13.5 Å². The summed E-state index contributed by atoms with van der Waals surface area (Å²) in [6.07, 6.45) is 1.58. The van der Waals surface area contributed by atoms with Gasteiger partial charge in [0.2, 0.25) is 0 Å². The smallest absolute Gasteiger partial charge is 0.161 e. The number of hydrogen-bond donors (Lipinski definition) is 1. The molecule has 3 aromatic rings. The van der Waals surface area contributed by atoms with Crippen molar-refractivity contribution in [2.75, 3.05) is 31.0 Å². The molecule has 140 valence electrons. The number of rotatable bonds is 8. The minimum atomic E-state index is 0.619. The van der Waals surface area contributed by atoms with Crippen molar-refractivity contribution >= 4 is 17.3 Å². The number of aromatic nitrogens is 2. The zero-order valence-corrected chi connectivity index (χ0v) is 15.8. The van der Waals surface area contributed by atoms with E-state index in [1.54, 1.807) is 20.5 Å². The normalized spacial score (nSPS) is 10.3. The molecule has 0 unspecified atom stereocenters. The van der Waals surface area contributed by atoms with Gasteiger partial charge in [-0.3, -0.25) is 0 Å². The summed E-state index contributed by atoms with van der Waals surface area (Å²) in [4.78, 5) is 10.9. The highest BCUT2D eigenvalue weighted by molar-refractivity contribution is 5.62. The van der Waals surface area contributed by atoms with E-state index in [1.165, 1.54) is 0 Å². The van der Waals surface area contributed by atoms with E-state index in [4.69, 9.17) is 9.47 Å². The van der Waals surface area contributed by atoms with Gasteiger partial charge in [0.05, 0.1) is 14.2 Å². The van der Waals surface area contributed by atoms with Crippen molar-refractivity contribution < 1.29 is 9.47 Å². The number of para-hydroxylation sites is 1. The zero-order chi connectivity index (χ0) is 19.1. The van der Waals surface area contributed by atoms with Gasteiger partial charge in [-0.1, -0.05) is 24.3 Å². The van der Waals surface area contributed by atoms with Crippen LogP contribution in [0.1, 0.15) is 12.5 Å². The number of anilines is 3. The third-order valence-corrected chi connectivity index (χ3v) is 4.23. The van der Waals surface area contributed by atoms with Gasteiger partial charge in [0.1, 0.15) is 18.0 Å². The molecule has 0 fully saturated rings. The first kappa shape index (κ1) is 18.5. The van der Waals surface area contributed by atoms with Crippen molar-refractivity contribution in [1.29, 1.82) is 0 Å². The first-order valence-electron chi connectivity index (χ1n) is 8.84. The van der Waals surface area contributed by atoms with E-state index in [9.17, 15) is 0 Å². The van der Waals surface area contributed by atoms with E-state index in [-0.39, 0.29) is 0 Å². The van der Waals surface area contributed by atoms with E-state index in [1.807, 2.05) is 42.5 Å². The highest BCUT2D eigenvalue weighted by atomic mass is 16.5. The Kier molecular flexibility index (Phi) is 6.10. The van der Waals surface area contributed by atoms with Crippen molar-refractivity contribution in [1.82, 2.24) is 9.97 Å². The summed E-state index contributed by atoms with van der Waals surface area (Å²) in [5.74, 6) is 3.05. The molecule has 1 N–H and O–H groups in total. The first-order valence-corrected chi connectivity index (χ1v) is 8.84. The number of ether oxygens (including phenoxy) is 2. The third kappa shape index (κ3) is 4.47. The van der Waals surface area contributed by atoms with E-state index in [0.717, 1.165) is 29.4 Å². The molecule has 6 nitrogen and oxygen atoms in total. The molecule has 3 rings (SSSR count). The second-order valence-corrected chi connectivity index (χ2v) is 5.88. The topological polar surface area (TPSA) is 59.5 Å². The summed E-state index contributed by atoms with van der Waals surface area (Å²) in [5, 5.41) is 3.35. The number of nitrogens with one attached hydrogen (secondary N) is 1. The maximum atomic E-state index is 5.36. The maximum Gasteiger partial charge on any atom is 0.161 e. The van der Waals surface area contributed by atoms with Crippen LogP contribution in [0.4, 0.5) is 17.3 Å². The lowest BCUT2D eigenvalue weighted by Gasteiger charge is -2.22. The highest BCUT2D eigenvalue weighted by Gasteiger charge is 2.10. The lowest BCUT2D eigenvalue weighted by Crippen LogP contribution is -2.17. The van der Waals surface area contributed by atoms with Crippen LogP contribution in [-0.2, 0) is 6.54 Å². The maximum absolute atomic E-state index is 5.36. The summed E-state index contributed by atoms with van der Waals surface area (Å²) in [7, 11) is 3.26. The van der Waals surface area contributed by atoms with Gasteiger partial charge in [-0.2, -0.15) is 0 Å². The van der Waals surface area contributed by atoms with Gasteiger partial charge in [-0.05, 0) is 36.8 Å². The highest BCUT2D eigenvalue weighted by Crippen LogP contribution is 2.28. The Morgan fingerprint density at radius 3 is 2.41 bits per heavy atom. The molecule has 0 spiro atoms. The minimum Gasteiger partial charge on any atom is -0.493 e. The van der Waals surface area contributed by atoms with E-state index >= 15 is 0 Å². The van der Waals surface area contributed by atoms with E-state index < -0.39 is 0 Å². The van der Waals surface area contributed by atoms with Crippen LogP contribution in [0, 0.1) is 0 Å². The average molecular weight is 364 g/mol. The molecule has 0 aliphatic rings. The fourth-order valence-electron chi connectivity index (χ4n) is 2.86. The molecule has 0 atom stereocenters. The Morgan fingerprint density at radius 2 is 1.70 bits per heavy atom. The summed E-state index contributed by atoms with van der Waals surface area (Å²) in [6, 6.07) is 18.0. The summed E-state index contributed by atoms with van der Waals surface area (Å²) >= 11 is 0. The number of benzene rings is 2. The molecular weight excluding hydrogens is 340 g/mol. The SMILES string of the molecule is CCN(c1ccccc1)c1cc(NCc2ccc(OC)c(OC)c2)ncn1. The Hall–Kier alpha value is -3.28. The van der Waals surface area contributed by atoms with Gasteiger partial charge in [-0.25, -0.2) is 9.97 Å². The predicted molar refractivity (Wildman–Crippen MR) is 108 cm³/mol. The monoisotopic (exact) mass is 364 g/mol. The number of methoxy groups -OCH3 is 2. The van der Waals surface area contributed by atoms with Crippen LogP contribution < -0.4 is 19.7 Å². The van der Waals surface area contributed by atoms with Crippen LogP contribution in [0.5, 0.6) is 11.5 Å². The third-order valence-electron chi connectivity index (χ3n) is 4.23. The van der Waals surface area contributed by atoms with Gasteiger partial charge < -0.3 is 19.7 Å². The molecule has 1 heterocycles. The van der Waals surface area contributed by atoms with Gasteiger partial charge >= 0.3 is 0 Å². The van der Waals surface area contributed by atoms with E-state index in [0.29, 0.717) is 18.0 Å². The second-order valence-electron chi connectivity index (χ2n) is 5.88. The van der Waals surface area contributed by atoms with Crippen LogP contribution in [0.3, 0.4) is 0 Å². The van der Waals surface area contributed by atoms with Gasteiger partial charge in [-0.15, -0.1) is 0 Å². The van der Waals surface area contributed by atoms with Crippen molar-refractivity contribution in [3.8, 4) is 11.5 Å². The van der Waals surface area contributed by atoms with Crippen LogP contribution in [0.25, 0.3) is 0 Å². The number of hydrogen-bond acceptors (Lipinski definition) is 6. The standard InChI is InChI=1S/C21H24N4O2/c1-4-25(17-8-6-5-7-9-17)21-13-20(23-15-24-21)22-14-16-10-11-18(26-2)19(12-16)27-3/h5-13,15H,4,14H2,1-3H3,(H,22,23,24). The van der Waals surface area contributed by atoms with Crippen LogP contribution in [-0.4, -0.2) is 30.7 Å². The van der Waals surface area contributed by atoms with Gasteiger partial charge in [0.15, 0.2) is 11.5 Å². The summed E-state index contributed by atoms with van der Waals surface area (Å²) in [6.45, 7) is 3.54. The lowest BCUT2D eigenvalue weighted by molar-refractivity contribution is 0.354. The van der Waals surface area contributed by atoms with Crippen molar-refractivity contribution in [2.24, 2.45) is 0 Å². The van der Waals surface area contributed by atoms with Crippen LogP contribution in [0.15, 0.2) is 60.9 Å². The minimum absolute atomic E-state index is 0.619. The van der Waals surface area contributed by atoms with Gasteiger partial charge in [0, 0.05) is 24.8 Å². The summed E-state index contributed by atoms with van der Waals surface area (Å²) < 4.78 is 10.6. The molecule has 0 aliphatic carbocycles. The quantitative estimate of drug-likeness (QED) is 0.644. The molecule has 0 saturated carbocycles. The van der Waals surface area contributed by atoms with Crippen molar-refractivity contribution in [3.05, 3.63) is 66.5 Å².